The quantitative estimate of drug-likeness (QED) is 0.901. The molecule has 2 aromatic rings. The number of nitrogens with zero attached hydrogens (tertiary/aromatic N) is 1. The van der Waals surface area contributed by atoms with Gasteiger partial charge in [0.15, 0.2) is 0 Å². The molecular formula is C22H25NO3. The van der Waals surface area contributed by atoms with Gasteiger partial charge in [-0.05, 0) is 42.9 Å². The molecule has 26 heavy (non-hydrogen) atoms. The normalized spacial score (nSPS) is 22.3. The van der Waals surface area contributed by atoms with Gasteiger partial charge in [0, 0.05) is 25.3 Å². The van der Waals surface area contributed by atoms with Crippen LogP contribution < -0.4 is 0 Å². The van der Waals surface area contributed by atoms with Crippen LogP contribution in [0.25, 0.3) is 11.1 Å². The number of likely N-dealkylation sites (tertiary alicyclic amines) is 1. The zero-order valence-electron chi connectivity index (χ0n) is 14.9. The van der Waals surface area contributed by atoms with Gasteiger partial charge in [-0.25, -0.2) is 0 Å². The third-order valence-electron chi connectivity index (χ3n) is 5.76. The lowest BCUT2D eigenvalue weighted by molar-refractivity contribution is -0.174. The molecule has 0 unspecified atom stereocenters. The standard InChI is InChI=1S/C22H25NO3/c24-20-11-6-16-26-22(20)12-14-23(15-13-22)21(25)19-10-5-4-9-18(19)17-7-2-1-3-8-17/h1-5,7-10,20,24H,6,11-16H2/t20-/m0/s1. The number of amides is 1. The number of ether oxygens (including phenoxy) is 1. The fraction of sp³-hybridized carbons (Fsp3) is 0.409. The van der Waals surface area contributed by atoms with E-state index in [2.05, 4.69) is 0 Å². The minimum atomic E-state index is -0.450. The molecule has 2 aromatic carbocycles. The van der Waals surface area contributed by atoms with Crippen molar-refractivity contribution in [1.82, 2.24) is 4.90 Å². The molecule has 2 fully saturated rings. The Labute approximate surface area is 154 Å². The third kappa shape index (κ3) is 3.15. The van der Waals surface area contributed by atoms with Crippen LogP contribution >= 0.6 is 0 Å². The van der Waals surface area contributed by atoms with Crippen molar-refractivity contribution in [3.05, 3.63) is 60.2 Å². The molecule has 2 saturated heterocycles. The van der Waals surface area contributed by atoms with Crippen LogP contribution in [0.5, 0.6) is 0 Å². The fourth-order valence-corrected chi connectivity index (χ4v) is 4.19. The van der Waals surface area contributed by atoms with Crippen molar-refractivity contribution in [3.63, 3.8) is 0 Å². The monoisotopic (exact) mass is 351 g/mol. The van der Waals surface area contributed by atoms with Crippen LogP contribution in [0.1, 0.15) is 36.0 Å². The molecule has 4 heteroatoms. The first-order valence-electron chi connectivity index (χ1n) is 9.45. The van der Waals surface area contributed by atoms with Crippen LogP contribution in [-0.4, -0.2) is 47.3 Å². The minimum Gasteiger partial charge on any atom is -0.390 e. The summed E-state index contributed by atoms with van der Waals surface area (Å²) in [4.78, 5) is 15.1. The molecule has 0 aromatic heterocycles. The van der Waals surface area contributed by atoms with Gasteiger partial charge in [0.1, 0.15) is 0 Å². The van der Waals surface area contributed by atoms with Gasteiger partial charge in [0.05, 0.1) is 11.7 Å². The molecule has 2 aliphatic heterocycles. The first kappa shape index (κ1) is 17.3. The number of hydrogen-bond acceptors (Lipinski definition) is 3. The summed E-state index contributed by atoms with van der Waals surface area (Å²) < 4.78 is 5.96. The molecular weight excluding hydrogens is 326 g/mol. The molecule has 0 radical (unpaired) electrons. The van der Waals surface area contributed by atoms with Gasteiger partial charge in [0.25, 0.3) is 5.91 Å². The largest absolute Gasteiger partial charge is 0.390 e. The Morgan fingerprint density at radius 1 is 1.04 bits per heavy atom. The minimum absolute atomic E-state index is 0.0598. The number of piperidine rings is 1. The Morgan fingerprint density at radius 2 is 1.73 bits per heavy atom. The van der Waals surface area contributed by atoms with Gasteiger partial charge < -0.3 is 14.7 Å². The summed E-state index contributed by atoms with van der Waals surface area (Å²) in [5, 5.41) is 10.4. The topological polar surface area (TPSA) is 49.8 Å². The van der Waals surface area contributed by atoms with Crippen molar-refractivity contribution in [3.8, 4) is 11.1 Å². The maximum atomic E-state index is 13.2. The van der Waals surface area contributed by atoms with Crippen molar-refractivity contribution in [1.29, 1.82) is 0 Å². The number of rotatable bonds is 2. The summed E-state index contributed by atoms with van der Waals surface area (Å²) in [6.07, 6.45) is 2.70. The summed E-state index contributed by atoms with van der Waals surface area (Å²) in [5.74, 6) is 0.0598. The van der Waals surface area contributed by atoms with Gasteiger partial charge in [-0.1, -0.05) is 48.5 Å². The van der Waals surface area contributed by atoms with Gasteiger partial charge in [-0.15, -0.1) is 0 Å². The van der Waals surface area contributed by atoms with Crippen molar-refractivity contribution in [2.45, 2.75) is 37.4 Å². The van der Waals surface area contributed by atoms with E-state index < -0.39 is 11.7 Å². The second-order valence-electron chi connectivity index (χ2n) is 7.28. The first-order chi connectivity index (χ1) is 12.7. The molecule has 4 rings (SSSR count). The Hall–Kier alpha value is -2.17. The van der Waals surface area contributed by atoms with Crippen LogP contribution in [0.2, 0.25) is 0 Å². The Bertz CT molecular complexity index is 766. The highest BCUT2D eigenvalue weighted by molar-refractivity contribution is 6.00. The van der Waals surface area contributed by atoms with E-state index in [-0.39, 0.29) is 5.91 Å². The molecule has 2 heterocycles. The molecule has 136 valence electrons. The number of carbonyl (C=O) groups excluding carboxylic acids is 1. The molecule has 0 saturated carbocycles. The maximum Gasteiger partial charge on any atom is 0.254 e. The molecule has 1 N–H and O–H groups in total. The zero-order chi connectivity index (χ0) is 18.0. The van der Waals surface area contributed by atoms with E-state index in [0.717, 1.165) is 29.5 Å². The summed E-state index contributed by atoms with van der Waals surface area (Å²) in [7, 11) is 0. The summed E-state index contributed by atoms with van der Waals surface area (Å²) in [6.45, 7) is 1.96. The smallest absolute Gasteiger partial charge is 0.254 e. The zero-order valence-corrected chi connectivity index (χ0v) is 14.9. The van der Waals surface area contributed by atoms with Crippen LogP contribution in [0.4, 0.5) is 0 Å². The third-order valence-corrected chi connectivity index (χ3v) is 5.76. The van der Waals surface area contributed by atoms with Gasteiger partial charge in [0.2, 0.25) is 0 Å². The van der Waals surface area contributed by atoms with E-state index in [1.54, 1.807) is 0 Å². The van der Waals surface area contributed by atoms with Gasteiger partial charge >= 0.3 is 0 Å². The Morgan fingerprint density at radius 3 is 2.46 bits per heavy atom. The predicted octanol–water partition coefficient (Wildman–Crippen LogP) is 3.50. The number of aliphatic hydroxyl groups excluding tert-OH is 1. The van der Waals surface area contributed by atoms with Crippen LogP contribution in [-0.2, 0) is 4.74 Å². The molecule has 0 bridgehead atoms. The highest BCUT2D eigenvalue weighted by atomic mass is 16.5. The first-order valence-corrected chi connectivity index (χ1v) is 9.45. The lowest BCUT2D eigenvalue weighted by atomic mass is 9.82. The van der Waals surface area contributed by atoms with Crippen molar-refractivity contribution < 1.29 is 14.6 Å². The molecule has 1 spiro atoms. The second kappa shape index (κ2) is 7.22. The lowest BCUT2D eigenvalue weighted by Crippen LogP contribution is -2.56. The molecule has 0 aliphatic carbocycles. The highest BCUT2D eigenvalue weighted by Crippen LogP contribution is 2.36. The van der Waals surface area contributed by atoms with E-state index >= 15 is 0 Å². The van der Waals surface area contributed by atoms with Gasteiger partial charge in [-0.3, -0.25) is 4.79 Å². The average molecular weight is 351 g/mol. The Kier molecular flexibility index (Phi) is 4.79. The fourth-order valence-electron chi connectivity index (χ4n) is 4.19. The van der Waals surface area contributed by atoms with E-state index in [1.165, 1.54) is 0 Å². The molecule has 1 atom stereocenters. The van der Waals surface area contributed by atoms with Crippen molar-refractivity contribution in [2.75, 3.05) is 19.7 Å². The number of aliphatic hydroxyl groups is 1. The van der Waals surface area contributed by atoms with Crippen molar-refractivity contribution in [2.24, 2.45) is 0 Å². The van der Waals surface area contributed by atoms with E-state index in [9.17, 15) is 9.90 Å². The highest BCUT2D eigenvalue weighted by Gasteiger charge is 2.44. The molecule has 1 amide bonds. The van der Waals surface area contributed by atoms with Crippen LogP contribution in [0.15, 0.2) is 54.6 Å². The van der Waals surface area contributed by atoms with Crippen molar-refractivity contribution >= 4 is 5.91 Å². The second-order valence-corrected chi connectivity index (χ2v) is 7.28. The summed E-state index contributed by atoms with van der Waals surface area (Å²) in [6, 6.07) is 17.8. The maximum absolute atomic E-state index is 13.2. The van der Waals surface area contributed by atoms with Crippen LogP contribution in [0.3, 0.4) is 0 Å². The SMILES string of the molecule is O=C(c1ccccc1-c1ccccc1)N1CCC2(CC1)OCCC[C@@H]2O. The summed E-state index contributed by atoms with van der Waals surface area (Å²) in [5.41, 5.74) is 2.30. The van der Waals surface area contributed by atoms with Gasteiger partial charge in [-0.2, -0.15) is 0 Å². The number of hydrogen-bond donors (Lipinski definition) is 1. The number of benzene rings is 2. The average Bonchev–Trinajstić information content (AvgIpc) is 2.71. The number of carbonyl (C=O) groups is 1. The predicted molar refractivity (Wildman–Crippen MR) is 101 cm³/mol. The lowest BCUT2D eigenvalue weighted by Gasteiger charge is -2.46. The van der Waals surface area contributed by atoms with Crippen LogP contribution in [0, 0.1) is 0 Å². The van der Waals surface area contributed by atoms with E-state index in [1.807, 2.05) is 59.5 Å². The summed E-state index contributed by atoms with van der Waals surface area (Å²) >= 11 is 0. The van der Waals surface area contributed by atoms with E-state index in [4.69, 9.17) is 4.74 Å². The Balaban J connectivity index is 1.53. The molecule has 4 nitrogen and oxygen atoms in total. The van der Waals surface area contributed by atoms with E-state index in [0.29, 0.717) is 32.5 Å². The molecule has 2 aliphatic rings.